The Morgan fingerprint density at radius 3 is 3.00 bits per heavy atom. The van der Waals surface area contributed by atoms with E-state index in [1.165, 1.54) is 22.5 Å². The highest BCUT2D eigenvalue weighted by atomic mass is 32.1. The molecule has 4 N–H and O–H groups in total. The molecule has 0 fully saturated rings. The molecule has 2 aliphatic rings. The van der Waals surface area contributed by atoms with Gasteiger partial charge in [0.05, 0.1) is 31.1 Å². The molecular weight excluding hydrogens is 326 g/mol. The summed E-state index contributed by atoms with van der Waals surface area (Å²) in [6, 6.07) is 5.10. The molecule has 3 heterocycles. The average Bonchev–Trinajstić information content (AvgIpc) is 2.92. The Kier molecular flexibility index (Phi) is 3.62. The standard InChI is InChI=1S/C17H19N3O3S/c1-20-6-5-10-13(8-20)24-17-14(10)16(22)18-15(19-17)9-3-4-11(21)12(7-9)23-2/h3-4,7,15,19,21H,5-6,8H2,1-2H3,(H,18,22)/p+1/t15-/m1/s1. The van der Waals surface area contributed by atoms with E-state index in [2.05, 4.69) is 17.7 Å². The molecule has 24 heavy (non-hydrogen) atoms. The van der Waals surface area contributed by atoms with Crippen LogP contribution in [0.2, 0.25) is 0 Å². The zero-order chi connectivity index (χ0) is 16.8. The Labute approximate surface area is 144 Å². The predicted octanol–water partition coefficient (Wildman–Crippen LogP) is 0.887. The Morgan fingerprint density at radius 2 is 2.21 bits per heavy atom. The van der Waals surface area contributed by atoms with Crippen LogP contribution in [0, 0.1) is 0 Å². The summed E-state index contributed by atoms with van der Waals surface area (Å²) in [4.78, 5) is 15.4. The smallest absolute Gasteiger partial charge is 0.256 e. The number of methoxy groups -OCH3 is 1. The normalized spacial score (nSPS) is 22.2. The Hall–Kier alpha value is -2.25. The largest absolute Gasteiger partial charge is 0.504 e. The molecule has 6 nitrogen and oxygen atoms in total. The molecule has 0 bridgehead atoms. The lowest BCUT2D eigenvalue weighted by Gasteiger charge is -2.27. The summed E-state index contributed by atoms with van der Waals surface area (Å²) in [6.07, 6.45) is 0.615. The first kappa shape index (κ1) is 15.3. The van der Waals surface area contributed by atoms with E-state index in [0.717, 1.165) is 35.6 Å². The number of phenols is 1. The second kappa shape index (κ2) is 5.68. The fourth-order valence-corrected chi connectivity index (χ4v) is 4.76. The van der Waals surface area contributed by atoms with E-state index in [4.69, 9.17) is 4.74 Å². The quantitative estimate of drug-likeness (QED) is 0.651. The van der Waals surface area contributed by atoms with Crippen LogP contribution < -0.4 is 20.3 Å². The Bertz CT molecular complexity index is 818. The highest BCUT2D eigenvalue weighted by Gasteiger charge is 2.34. The third-order valence-corrected chi connectivity index (χ3v) is 5.83. The van der Waals surface area contributed by atoms with E-state index < -0.39 is 0 Å². The summed E-state index contributed by atoms with van der Waals surface area (Å²) >= 11 is 1.68. The molecule has 0 spiro atoms. The maximum Gasteiger partial charge on any atom is 0.256 e. The van der Waals surface area contributed by atoms with Crippen molar-refractivity contribution < 1.29 is 19.5 Å². The van der Waals surface area contributed by atoms with Crippen molar-refractivity contribution in [3.63, 3.8) is 0 Å². The van der Waals surface area contributed by atoms with Gasteiger partial charge in [-0.15, -0.1) is 11.3 Å². The number of benzene rings is 1. The van der Waals surface area contributed by atoms with Crippen molar-refractivity contribution in [3.8, 4) is 11.5 Å². The third-order valence-electron chi connectivity index (χ3n) is 4.67. The van der Waals surface area contributed by atoms with Crippen molar-refractivity contribution in [1.29, 1.82) is 0 Å². The first-order valence-corrected chi connectivity index (χ1v) is 8.78. The summed E-state index contributed by atoms with van der Waals surface area (Å²) in [5.41, 5.74) is 2.86. The number of anilines is 1. The molecule has 4 rings (SSSR count). The van der Waals surface area contributed by atoms with E-state index in [-0.39, 0.29) is 17.8 Å². The number of likely N-dealkylation sites (N-methyl/N-ethyl adjacent to an activating group) is 1. The molecule has 2 atom stereocenters. The van der Waals surface area contributed by atoms with Gasteiger partial charge in [0, 0.05) is 6.42 Å². The van der Waals surface area contributed by atoms with Crippen molar-refractivity contribution >= 4 is 22.2 Å². The average molecular weight is 346 g/mol. The van der Waals surface area contributed by atoms with E-state index in [0.29, 0.717) is 5.75 Å². The highest BCUT2D eigenvalue weighted by molar-refractivity contribution is 7.16. The maximum absolute atomic E-state index is 12.7. The number of nitrogens with one attached hydrogen (secondary N) is 3. The predicted molar refractivity (Wildman–Crippen MR) is 92.0 cm³/mol. The molecule has 7 heteroatoms. The lowest BCUT2D eigenvalue weighted by Crippen LogP contribution is -3.08. The topological polar surface area (TPSA) is 75.0 Å². The zero-order valence-electron chi connectivity index (χ0n) is 13.6. The number of carbonyl (C=O) groups excluding carboxylic acids is 1. The minimum absolute atomic E-state index is 0.0298. The van der Waals surface area contributed by atoms with E-state index in [1.54, 1.807) is 29.5 Å². The van der Waals surface area contributed by atoms with Gasteiger partial charge in [0.25, 0.3) is 5.91 Å². The van der Waals surface area contributed by atoms with Crippen LogP contribution in [0.1, 0.15) is 32.5 Å². The number of thiophene rings is 1. The summed E-state index contributed by atoms with van der Waals surface area (Å²) in [7, 11) is 3.69. The number of phenolic OH excluding ortho intramolecular Hbond substituents is 1. The SMILES string of the molecule is COc1cc([C@@H]2NC(=O)c3c(sc4c3CC[NH+](C)C4)N2)ccc1O. The van der Waals surface area contributed by atoms with Crippen LogP contribution in [0.15, 0.2) is 18.2 Å². The van der Waals surface area contributed by atoms with Crippen LogP contribution in [0.3, 0.4) is 0 Å². The van der Waals surface area contributed by atoms with Crippen LogP contribution >= 0.6 is 11.3 Å². The minimum Gasteiger partial charge on any atom is -0.504 e. The molecule has 126 valence electrons. The highest BCUT2D eigenvalue weighted by Crippen LogP contribution is 2.39. The van der Waals surface area contributed by atoms with Crippen LogP contribution in [0.4, 0.5) is 5.00 Å². The first-order valence-electron chi connectivity index (χ1n) is 7.97. The first-order chi connectivity index (χ1) is 11.6. The van der Waals surface area contributed by atoms with Crippen molar-refractivity contribution in [2.75, 3.05) is 26.0 Å². The number of quaternary nitrogens is 1. The van der Waals surface area contributed by atoms with Crippen molar-refractivity contribution in [2.45, 2.75) is 19.1 Å². The molecule has 2 aromatic rings. The molecule has 0 radical (unpaired) electrons. The molecule has 1 aromatic carbocycles. The lowest BCUT2D eigenvalue weighted by molar-refractivity contribution is -0.895. The minimum atomic E-state index is -0.329. The fourth-order valence-electron chi connectivity index (χ4n) is 3.37. The Balaban J connectivity index is 1.68. The van der Waals surface area contributed by atoms with E-state index in [9.17, 15) is 9.90 Å². The van der Waals surface area contributed by atoms with Gasteiger partial charge in [-0.3, -0.25) is 4.79 Å². The molecular formula is C17H20N3O3S+. The fraction of sp³-hybridized carbons (Fsp3) is 0.353. The van der Waals surface area contributed by atoms with Crippen molar-refractivity contribution in [2.24, 2.45) is 0 Å². The molecule has 1 unspecified atom stereocenters. The van der Waals surface area contributed by atoms with Gasteiger partial charge in [0.2, 0.25) is 0 Å². The van der Waals surface area contributed by atoms with Gasteiger partial charge in [-0.2, -0.15) is 0 Å². The van der Waals surface area contributed by atoms with Gasteiger partial charge in [-0.25, -0.2) is 0 Å². The molecule has 0 saturated heterocycles. The van der Waals surface area contributed by atoms with Crippen LogP contribution in [0.5, 0.6) is 11.5 Å². The van der Waals surface area contributed by atoms with Crippen LogP contribution in [-0.2, 0) is 13.0 Å². The van der Waals surface area contributed by atoms with Crippen LogP contribution in [0.25, 0.3) is 0 Å². The second-order valence-electron chi connectivity index (χ2n) is 6.32. The van der Waals surface area contributed by atoms with E-state index in [1.807, 2.05) is 0 Å². The molecule has 0 saturated carbocycles. The number of aromatic hydroxyl groups is 1. The number of ether oxygens (including phenoxy) is 1. The van der Waals surface area contributed by atoms with Gasteiger partial charge in [0.1, 0.15) is 17.7 Å². The lowest BCUT2D eigenvalue weighted by atomic mass is 10.0. The van der Waals surface area contributed by atoms with Gasteiger partial charge < -0.3 is 25.4 Å². The molecule has 1 aromatic heterocycles. The monoisotopic (exact) mass is 346 g/mol. The molecule has 2 aliphatic heterocycles. The number of amides is 1. The number of fused-ring (bicyclic) bond motifs is 3. The summed E-state index contributed by atoms with van der Waals surface area (Å²) < 4.78 is 5.16. The van der Waals surface area contributed by atoms with Crippen LogP contribution in [-0.4, -0.2) is 31.7 Å². The molecule has 0 aliphatic carbocycles. The third kappa shape index (κ3) is 2.40. The van der Waals surface area contributed by atoms with Gasteiger partial charge in [0.15, 0.2) is 11.5 Å². The number of hydrogen-bond acceptors (Lipinski definition) is 5. The van der Waals surface area contributed by atoms with Gasteiger partial charge in [-0.1, -0.05) is 6.07 Å². The summed E-state index contributed by atoms with van der Waals surface area (Å²) in [5, 5.41) is 17.1. The van der Waals surface area contributed by atoms with E-state index >= 15 is 0 Å². The van der Waals surface area contributed by atoms with Gasteiger partial charge >= 0.3 is 0 Å². The van der Waals surface area contributed by atoms with Crippen molar-refractivity contribution in [1.82, 2.24) is 5.32 Å². The van der Waals surface area contributed by atoms with Crippen molar-refractivity contribution in [3.05, 3.63) is 39.8 Å². The number of rotatable bonds is 2. The number of hydrogen-bond donors (Lipinski definition) is 4. The second-order valence-corrected chi connectivity index (χ2v) is 7.43. The molecule has 1 amide bonds. The maximum atomic E-state index is 12.7. The number of carbonyl (C=O) groups is 1. The Morgan fingerprint density at radius 1 is 1.38 bits per heavy atom. The zero-order valence-corrected chi connectivity index (χ0v) is 14.4. The van der Waals surface area contributed by atoms with Gasteiger partial charge in [-0.05, 0) is 23.3 Å². The summed E-state index contributed by atoms with van der Waals surface area (Å²) in [5.74, 6) is 0.449. The summed E-state index contributed by atoms with van der Waals surface area (Å²) in [6.45, 7) is 2.03.